The number of fused-ring (bicyclic) bond motifs is 2. The number of ether oxygens (including phenoxy) is 1. The summed E-state index contributed by atoms with van der Waals surface area (Å²) >= 11 is 0. The second-order valence-electron chi connectivity index (χ2n) is 6.38. The Bertz CT molecular complexity index is 330. The lowest BCUT2D eigenvalue weighted by Gasteiger charge is -2.37. The first-order valence-electron chi connectivity index (χ1n) is 8.05. The smallest absolute Gasteiger partial charge is 0.225 e. The molecule has 0 aromatic rings. The zero-order chi connectivity index (χ0) is 13.9. The van der Waals surface area contributed by atoms with Gasteiger partial charge in [0.2, 0.25) is 5.91 Å². The Kier molecular flexibility index (Phi) is 4.58. The van der Waals surface area contributed by atoms with Crippen LogP contribution in [0.5, 0.6) is 0 Å². The van der Waals surface area contributed by atoms with Crippen LogP contribution in [0.2, 0.25) is 0 Å². The zero-order valence-electron chi connectivity index (χ0n) is 12.1. The molecule has 0 spiro atoms. The molecule has 3 fully saturated rings. The van der Waals surface area contributed by atoms with Gasteiger partial charge in [0, 0.05) is 12.1 Å². The molecule has 2 bridgehead atoms. The van der Waals surface area contributed by atoms with E-state index in [1.807, 2.05) is 4.90 Å². The van der Waals surface area contributed by atoms with E-state index in [-0.39, 0.29) is 24.1 Å². The third-order valence-electron chi connectivity index (χ3n) is 4.95. The Morgan fingerprint density at radius 3 is 2.45 bits per heavy atom. The second kappa shape index (κ2) is 6.41. The number of carbonyl (C=O) groups excluding carboxylic acids is 1. The maximum atomic E-state index is 12.4. The van der Waals surface area contributed by atoms with E-state index < -0.39 is 0 Å². The summed E-state index contributed by atoms with van der Waals surface area (Å²) in [6.45, 7) is 2.58. The average molecular weight is 282 g/mol. The Labute approximate surface area is 120 Å². The highest BCUT2D eigenvalue weighted by Crippen LogP contribution is 2.36. The molecule has 3 heterocycles. The average Bonchev–Trinajstić information content (AvgIpc) is 2.72. The molecule has 3 rings (SSSR count). The first-order chi connectivity index (χ1) is 9.74. The summed E-state index contributed by atoms with van der Waals surface area (Å²) in [6.07, 6.45) is 6.35. The molecule has 0 aromatic heterocycles. The van der Waals surface area contributed by atoms with Crippen LogP contribution < -0.4 is 5.32 Å². The van der Waals surface area contributed by atoms with Crippen molar-refractivity contribution in [1.82, 2.24) is 10.2 Å². The molecule has 0 saturated carbocycles. The summed E-state index contributed by atoms with van der Waals surface area (Å²) in [7, 11) is 0. The highest BCUT2D eigenvalue weighted by Gasteiger charge is 2.42. The van der Waals surface area contributed by atoms with Crippen molar-refractivity contribution in [3.63, 3.8) is 0 Å². The number of nitrogens with one attached hydrogen (secondary N) is 1. The van der Waals surface area contributed by atoms with E-state index in [0.29, 0.717) is 19.1 Å². The Hall–Kier alpha value is -0.650. The predicted octanol–water partition coefficient (Wildman–Crippen LogP) is 0.659. The van der Waals surface area contributed by atoms with Gasteiger partial charge in [-0.1, -0.05) is 0 Å². The molecule has 2 unspecified atom stereocenters. The van der Waals surface area contributed by atoms with Gasteiger partial charge in [0.25, 0.3) is 0 Å². The van der Waals surface area contributed by atoms with Crippen LogP contribution in [0.25, 0.3) is 0 Å². The minimum absolute atomic E-state index is 0.206. The van der Waals surface area contributed by atoms with Gasteiger partial charge in [0.1, 0.15) is 0 Å². The Morgan fingerprint density at radius 1 is 1.15 bits per heavy atom. The Morgan fingerprint density at radius 2 is 1.80 bits per heavy atom. The number of aliphatic hydroxyl groups excluding tert-OH is 1. The SMILES string of the molecule is O=C(CCOC1CCNCC1)N1C2CCC1CC(O)C2. The maximum absolute atomic E-state index is 12.4. The van der Waals surface area contributed by atoms with Crippen LogP contribution in [-0.4, -0.2) is 59.9 Å². The van der Waals surface area contributed by atoms with Gasteiger partial charge in [0.15, 0.2) is 0 Å². The number of piperidine rings is 2. The fraction of sp³-hybridized carbons (Fsp3) is 0.933. The fourth-order valence-electron chi connectivity index (χ4n) is 3.96. The number of hydrogen-bond donors (Lipinski definition) is 2. The van der Waals surface area contributed by atoms with E-state index in [1.54, 1.807) is 0 Å². The quantitative estimate of drug-likeness (QED) is 0.795. The van der Waals surface area contributed by atoms with Crippen LogP contribution >= 0.6 is 0 Å². The van der Waals surface area contributed by atoms with Gasteiger partial charge < -0.3 is 20.1 Å². The third-order valence-corrected chi connectivity index (χ3v) is 4.95. The molecule has 1 amide bonds. The highest BCUT2D eigenvalue weighted by atomic mass is 16.5. The summed E-state index contributed by atoms with van der Waals surface area (Å²) in [5.41, 5.74) is 0. The second-order valence-corrected chi connectivity index (χ2v) is 6.38. The molecule has 2 N–H and O–H groups in total. The van der Waals surface area contributed by atoms with Gasteiger partial charge in [-0.05, 0) is 51.6 Å². The molecule has 0 aromatic carbocycles. The predicted molar refractivity (Wildman–Crippen MR) is 75.4 cm³/mol. The number of carbonyl (C=O) groups is 1. The van der Waals surface area contributed by atoms with Crippen molar-refractivity contribution >= 4 is 5.91 Å². The van der Waals surface area contributed by atoms with Gasteiger partial charge in [-0.25, -0.2) is 0 Å². The van der Waals surface area contributed by atoms with Crippen molar-refractivity contribution in [2.75, 3.05) is 19.7 Å². The number of hydrogen-bond acceptors (Lipinski definition) is 4. The van der Waals surface area contributed by atoms with Crippen molar-refractivity contribution in [3.05, 3.63) is 0 Å². The van der Waals surface area contributed by atoms with Crippen molar-refractivity contribution in [2.45, 2.75) is 69.2 Å². The zero-order valence-corrected chi connectivity index (χ0v) is 12.1. The number of nitrogens with zero attached hydrogens (tertiary/aromatic N) is 1. The molecule has 20 heavy (non-hydrogen) atoms. The lowest BCUT2D eigenvalue weighted by molar-refractivity contribution is -0.139. The van der Waals surface area contributed by atoms with Crippen LogP contribution in [0, 0.1) is 0 Å². The van der Waals surface area contributed by atoms with Crippen LogP contribution in [0.3, 0.4) is 0 Å². The van der Waals surface area contributed by atoms with E-state index in [4.69, 9.17) is 4.74 Å². The van der Waals surface area contributed by atoms with Crippen molar-refractivity contribution in [2.24, 2.45) is 0 Å². The standard InChI is InChI=1S/C15H26N2O3/c18-13-9-11-1-2-12(10-13)17(11)15(19)5-8-20-14-3-6-16-7-4-14/h11-14,16,18H,1-10H2. The molecule has 114 valence electrons. The van der Waals surface area contributed by atoms with E-state index in [1.165, 1.54) is 0 Å². The van der Waals surface area contributed by atoms with Gasteiger partial charge >= 0.3 is 0 Å². The minimum Gasteiger partial charge on any atom is -0.393 e. The molecule has 5 heteroatoms. The summed E-state index contributed by atoms with van der Waals surface area (Å²) < 4.78 is 5.82. The molecule has 3 aliphatic rings. The van der Waals surface area contributed by atoms with Crippen molar-refractivity contribution in [3.8, 4) is 0 Å². The van der Waals surface area contributed by atoms with Crippen LogP contribution in [0.1, 0.15) is 44.9 Å². The molecular formula is C15H26N2O3. The van der Waals surface area contributed by atoms with E-state index in [0.717, 1.165) is 51.6 Å². The topological polar surface area (TPSA) is 61.8 Å². The number of rotatable bonds is 4. The monoisotopic (exact) mass is 282 g/mol. The van der Waals surface area contributed by atoms with Crippen molar-refractivity contribution < 1.29 is 14.6 Å². The minimum atomic E-state index is -0.206. The van der Waals surface area contributed by atoms with Crippen LogP contribution in [0.4, 0.5) is 0 Å². The molecule has 3 saturated heterocycles. The molecular weight excluding hydrogens is 256 g/mol. The highest BCUT2D eigenvalue weighted by molar-refractivity contribution is 5.77. The van der Waals surface area contributed by atoms with Crippen LogP contribution in [0.15, 0.2) is 0 Å². The first kappa shape index (κ1) is 14.3. The summed E-state index contributed by atoms with van der Waals surface area (Å²) in [5, 5.41) is 13.1. The normalized spacial score (nSPS) is 34.5. The molecule has 2 atom stereocenters. The lowest BCUT2D eigenvalue weighted by atomic mass is 9.99. The summed E-state index contributed by atoms with van der Waals surface area (Å²) in [4.78, 5) is 14.4. The largest absolute Gasteiger partial charge is 0.393 e. The van der Waals surface area contributed by atoms with Gasteiger partial charge in [0.05, 0.1) is 25.2 Å². The maximum Gasteiger partial charge on any atom is 0.225 e. The van der Waals surface area contributed by atoms with Gasteiger partial charge in [-0.2, -0.15) is 0 Å². The van der Waals surface area contributed by atoms with Gasteiger partial charge in [-0.15, -0.1) is 0 Å². The molecule has 5 nitrogen and oxygen atoms in total. The fourth-order valence-corrected chi connectivity index (χ4v) is 3.96. The lowest BCUT2D eigenvalue weighted by Crippen LogP contribution is -2.48. The van der Waals surface area contributed by atoms with E-state index >= 15 is 0 Å². The van der Waals surface area contributed by atoms with E-state index in [9.17, 15) is 9.90 Å². The number of amides is 1. The number of aliphatic hydroxyl groups is 1. The summed E-state index contributed by atoms with van der Waals surface area (Å²) in [5.74, 6) is 0.221. The van der Waals surface area contributed by atoms with Crippen LogP contribution in [-0.2, 0) is 9.53 Å². The molecule has 0 radical (unpaired) electrons. The molecule has 0 aliphatic carbocycles. The Balaban J connectivity index is 1.43. The summed E-state index contributed by atoms with van der Waals surface area (Å²) in [6, 6.07) is 0.547. The van der Waals surface area contributed by atoms with Gasteiger partial charge in [-0.3, -0.25) is 4.79 Å². The molecule has 3 aliphatic heterocycles. The van der Waals surface area contributed by atoms with E-state index in [2.05, 4.69) is 5.32 Å². The third kappa shape index (κ3) is 3.15. The van der Waals surface area contributed by atoms with Crippen molar-refractivity contribution in [1.29, 1.82) is 0 Å². The first-order valence-corrected chi connectivity index (χ1v) is 8.05.